The standard InChI is InChI=1S/C11H14O2/c12-9-5-6-11(13)10-4-2-1-3-8(10)7-9/h7,10H,1-6H2. The van der Waals surface area contributed by atoms with Gasteiger partial charge in [0.05, 0.1) is 0 Å². The van der Waals surface area contributed by atoms with E-state index in [0.717, 1.165) is 31.3 Å². The molecule has 0 saturated heterocycles. The molecule has 0 N–H and O–H groups in total. The van der Waals surface area contributed by atoms with Gasteiger partial charge in [0, 0.05) is 18.8 Å². The third kappa shape index (κ3) is 1.71. The molecule has 0 radical (unpaired) electrons. The Balaban J connectivity index is 2.26. The van der Waals surface area contributed by atoms with Crippen LogP contribution in [-0.2, 0) is 9.59 Å². The first-order chi connectivity index (χ1) is 6.27. The zero-order chi connectivity index (χ0) is 9.26. The molecule has 1 unspecified atom stereocenters. The number of ketones is 2. The normalized spacial score (nSPS) is 29.2. The average molecular weight is 178 g/mol. The average Bonchev–Trinajstić information content (AvgIpc) is 2.27. The first-order valence-electron chi connectivity index (χ1n) is 5.03. The van der Waals surface area contributed by atoms with Crippen molar-refractivity contribution in [3.8, 4) is 0 Å². The molecule has 0 aromatic heterocycles. The summed E-state index contributed by atoms with van der Waals surface area (Å²) < 4.78 is 0. The third-order valence-corrected chi connectivity index (χ3v) is 3.01. The third-order valence-electron chi connectivity index (χ3n) is 3.01. The molecule has 2 aliphatic rings. The van der Waals surface area contributed by atoms with E-state index in [9.17, 15) is 9.59 Å². The van der Waals surface area contributed by atoms with Crippen molar-refractivity contribution in [3.05, 3.63) is 11.6 Å². The van der Waals surface area contributed by atoms with Crippen LogP contribution in [0.1, 0.15) is 38.5 Å². The van der Waals surface area contributed by atoms with E-state index in [0.29, 0.717) is 12.8 Å². The Labute approximate surface area is 78.0 Å². The predicted molar refractivity (Wildman–Crippen MR) is 49.3 cm³/mol. The number of fused-ring (bicyclic) bond motifs is 1. The van der Waals surface area contributed by atoms with E-state index in [1.807, 2.05) is 0 Å². The van der Waals surface area contributed by atoms with Crippen molar-refractivity contribution < 1.29 is 9.59 Å². The lowest BCUT2D eigenvalue weighted by Crippen LogP contribution is -2.18. The second-order valence-corrected chi connectivity index (χ2v) is 3.95. The topological polar surface area (TPSA) is 34.1 Å². The summed E-state index contributed by atoms with van der Waals surface area (Å²) in [6.45, 7) is 0. The van der Waals surface area contributed by atoms with E-state index in [1.165, 1.54) is 0 Å². The van der Waals surface area contributed by atoms with Gasteiger partial charge in [-0.2, -0.15) is 0 Å². The van der Waals surface area contributed by atoms with E-state index in [-0.39, 0.29) is 17.5 Å². The Morgan fingerprint density at radius 1 is 1.08 bits per heavy atom. The fraction of sp³-hybridized carbons (Fsp3) is 0.636. The van der Waals surface area contributed by atoms with Gasteiger partial charge < -0.3 is 0 Å². The number of carbonyl (C=O) groups excluding carboxylic acids is 2. The van der Waals surface area contributed by atoms with Gasteiger partial charge in [0.1, 0.15) is 5.78 Å². The molecule has 1 saturated carbocycles. The van der Waals surface area contributed by atoms with Crippen LogP contribution in [0.4, 0.5) is 0 Å². The molecule has 70 valence electrons. The van der Waals surface area contributed by atoms with Crippen molar-refractivity contribution in [2.75, 3.05) is 0 Å². The minimum atomic E-state index is 0.0974. The molecule has 2 rings (SSSR count). The van der Waals surface area contributed by atoms with Crippen LogP contribution < -0.4 is 0 Å². The number of Topliss-reactive ketones (excluding diaryl/α,β-unsaturated/α-hetero) is 1. The maximum Gasteiger partial charge on any atom is 0.156 e. The van der Waals surface area contributed by atoms with E-state index in [1.54, 1.807) is 6.08 Å². The van der Waals surface area contributed by atoms with Gasteiger partial charge in [0.2, 0.25) is 0 Å². The Morgan fingerprint density at radius 2 is 1.92 bits per heavy atom. The molecular formula is C11H14O2. The molecule has 0 aromatic carbocycles. The van der Waals surface area contributed by atoms with Crippen LogP contribution in [0.5, 0.6) is 0 Å². The van der Waals surface area contributed by atoms with Crippen LogP contribution in [0.2, 0.25) is 0 Å². The fourth-order valence-electron chi connectivity index (χ4n) is 2.28. The van der Waals surface area contributed by atoms with Gasteiger partial charge in [-0.05, 0) is 25.3 Å². The van der Waals surface area contributed by atoms with Crippen molar-refractivity contribution in [3.63, 3.8) is 0 Å². The van der Waals surface area contributed by atoms with Crippen LogP contribution in [-0.4, -0.2) is 11.6 Å². The molecule has 0 aromatic rings. The summed E-state index contributed by atoms with van der Waals surface area (Å²) in [5.74, 6) is 0.532. The molecular weight excluding hydrogens is 164 g/mol. The molecule has 13 heavy (non-hydrogen) atoms. The number of allylic oxidation sites excluding steroid dienone is 2. The minimum absolute atomic E-state index is 0.0974. The van der Waals surface area contributed by atoms with Crippen molar-refractivity contribution in [2.45, 2.75) is 38.5 Å². The van der Waals surface area contributed by atoms with Crippen LogP contribution >= 0.6 is 0 Å². The molecule has 0 amide bonds. The van der Waals surface area contributed by atoms with Crippen LogP contribution in [0.25, 0.3) is 0 Å². The predicted octanol–water partition coefficient (Wildman–Crippen LogP) is 2.04. The van der Waals surface area contributed by atoms with Gasteiger partial charge in [0.15, 0.2) is 5.78 Å². The smallest absolute Gasteiger partial charge is 0.156 e. The Hall–Kier alpha value is -0.920. The molecule has 0 aliphatic heterocycles. The van der Waals surface area contributed by atoms with Crippen molar-refractivity contribution in [1.29, 1.82) is 0 Å². The van der Waals surface area contributed by atoms with Gasteiger partial charge >= 0.3 is 0 Å². The van der Waals surface area contributed by atoms with Crippen molar-refractivity contribution >= 4 is 11.6 Å². The molecule has 0 spiro atoms. The van der Waals surface area contributed by atoms with Crippen LogP contribution in [0.3, 0.4) is 0 Å². The van der Waals surface area contributed by atoms with Crippen molar-refractivity contribution in [1.82, 2.24) is 0 Å². The fourth-order valence-corrected chi connectivity index (χ4v) is 2.28. The van der Waals surface area contributed by atoms with Gasteiger partial charge in [-0.15, -0.1) is 0 Å². The highest BCUT2D eigenvalue weighted by Gasteiger charge is 2.28. The van der Waals surface area contributed by atoms with Gasteiger partial charge in [-0.25, -0.2) is 0 Å². The summed E-state index contributed by atoms with van der Waals surface area (Å²) in [5, 5.41) is 0. The summed E-state index contributed by atoms with van der Waals surface area (Å²) in [5.41, 5.74) is 1.11. The van der Waals surface area contributed by atoms with Gasteiger partial charge in [0.25, 0.3) is 0 Å². The Bertz CT molecular complexity index is 276. The van der Waals surface area contributed by atoms with Crippen LogP contribution in [0.15, 0.2) is 11.6 Å². The lowest BCUT2D eigenvalue weighted by atomic mass is 9.81. The molecule has 1 fully saturated rings. The van der Waals surface area contributed by atoms with E-state index >= 15 is 0 Å². The van der Waals surface area contributed by atoms with Crippen LogP contribution in [0, 0.1) is 5.92 Å². The molecule has 1 atom stereocenters. The number of hydrogen-bond donors (Lipinski definition) is 0. The summed E-state index contributed by atoms with van der Waals surface area (Å²) >= 11 is 0. The van der Waals surface area contributed by atoms with E-state index in [2.05, 4.69) is 0 Å². The number of hydrogen-bond acceptors (Lipinski definition) is 2. The maximum atomic E-state index is 11.6. The lowest BCUT2D eigenvalue weighted by molar-refractivity contribution is -0.124. The molecule has 2 heteroatoms. The highest BCUT2D eigenvalue weighted by atomic mass is 16.1. The molecule has 2 aliphatic carbocycles. The quantitative estimate of drug-likeness (QED) is 0.568. The maximum absolute atomic E-state index is 11.6. The molecule has 0 heterocycles. The Kier molecular flexibility index (Phi) is 2.30. The summed E-state index contributed by atoms with van der Waals surface area (Å²) in [4.78, 5) is 22.9. The largest absolute Gasteiger partial charge is 0.299 e. The summed E-state index contributed by atoms with van der Waals surface area (Å²) in [6.07, 6.45) is 6.84. The zero-order valence-electron chi connectivity index (χ0n) is 7.71. The summed E-state index contributed by atoms with van der Waals surface area (Å²) in [6, 6.07) is 0. The molecule has 2 nitrogen and oxygen atoms in total. The lowest BCUT2D eigenvalue weighted by Gasteiger charge is -2.22. The van der Waals surface area contributed by atoms with Gasteiger partial charge in [-0.3, -0.25) is 9.59 Å². The van der Waals surface area contributed by atoms with E-state index < -0.39 is 0 Å². The second-order valence-electron chi connectivity index (χ2n) is 3.95. The van der Waals surface area contributed by atoms with Gasteiger partial charge in [-0.1, -0.05) is 12.0 Å². The minimum Gasteiger partial charge on any atom is -0.299 e. The SMILES string of the molecule is O=C1C=C2CCCCC2C(=O)CC1. The first-order valence-corrected chi connectivity index (χ1v) is 5.03. The highest BCUT2D eigenvalue weighted by Crippen LogP contribution is 2.32. The van der Waals surface area contributed by atoms with E-state index in [4.69, 9.17) is 0 Å². The first kappa shape index (κ1) is 8.67. The number of rotatable bonds is 0. The van der Waals surface area contributed by atoms with Crippen molar-refractivity contribution in [2.24, 2.45) is 5.92 Å². The highest BCUT2D eigenvalue weighted by molar-refractivity contribution is 5.98. The summed E-state index contributed by atoms with van der Waals surface area (Å²) in [7, 11) is 0. The number of carbonyl (C=O) groups is 2. The second kappa shape index (κ2) is 3.44. The molecule has 0 bridgehead atoms. The monoisotopic (exact) mass is 178 g/mol. The Morgan fingerprint density at radius 3 is 2.77 bits per heavy atom. The zero-order valence-corrected chi connectivity index (χ0v) is 7.71.